The van der Waals surface area contributed by atoms with Crippen molar-refractivity contribution in [2.75, 3.05) is 6.54 Å². The number of aromatic nitrogens is 2. The molecule has 1 atom stereocenters. The number of nitrogens with zero attached hydrogens (tertiary/aromatic N) is 2. The molecule has 0 radical (unpaired) electrons. The first-order valence-electron chi connectivity index (χ1n) is 8.60. The van der Waals surface area contributed by atoms with E-state index in [1.54, 1.807) is 19.1 Å². The predicted molar refractivity (Wildman–Crippen MR) is 103 cm³/mol. The molecule has 0 aliphatic rings. The lowest BCUT2D eigenvalue weighted by molar-refractivity contribution is -0.120. The van der Waals surface area contributed by atoms with Crippen LogP contribution in [0.2, 0.25) is 0 Å². The van der Waals surface area contributed by atoms with E-state index in [9.17, 15) is 9.18 Å². The number of carbonyl (C=O) groups is 1. The van der Waals surface area contributed by atoms with Crippen LogP contribution in [0, 0.1) is 12.7 Å². The summed E-state index contributed by atoms with van der Waals surface area (Å²) in [4.78, 5) is 12.2. The van der Waals surface area contributed by atoms with Crippen LogP contribution in [0.15, 0.2) is 58.2 Å². The third-order valence-corrected chi connectivity index (χ3v) is 4.88. The van der Waals surface area contributed by atoms with Crippen LogP contribution in [0.1, 0.15) is 18.1 Å². The van der Waals surface area contributed by atoms with Gasteiger partial charge in [-0.05, 0) is 50.1 Å². The number of thioether (sulfide) groups is 1. The van der Waals surface area contributed by atoms with Gasteiger partial charge in [0.25, 0.3) is 5.22 Å². The van der Waals surface area contributed by atoms with Gasteiger partial charge in [-0.2, -0.15) is 0 Å². The second-order valence-electron chi connectivity index (χ2n) is 6.17. The van der Waals surface area contributed by atoms with Gasteiger partial charge in [0, 0.05) is 12.1 Å². The number of hydrogen-bond acceptors (Lipinski definition) is 5. The molecule has 1 N–H and O–H groups in total. The van der Waals surface area contributed by atoms with E-state index in [2.05, 4.69) is 15.5 Å². The number of benzene rings is 2. The molecule has 0 unspecified atom stereocenters. The van der Waals surface area contributed by atoms with Crippen molar-refractivity contribution in [3.05, 3.63) is 65.5 Å². The zero-order valence-electron chi connectivity index (χ0n) is 15.1. The Hall–Kier alpha value is -2.67. The lowest BCUT2D eigenvalue weighted by Crippen LogP contribution is -2.32. The lowest BCUT2D eigenvalue weighted by Gasteiger charge is -2.09. The number of hydrogen-bond donors (Lipinski definition) is 1. The van der Waals surface area contributed by atoms with E-state index in [1.807, 2.05) is 31.2 Å². The number of rotatable bonds is 7. The largest absolute Gasteiger partial charge is 0.411 e. The summed E-state index contributed by atoms with van der Waals surface area (Å²) in [6.07, 6.45) is 0.640. The number of halogens is 1. The van der Waals surface area contributed by atoms with Crippen molar-refractivity contribution in [2.24, 2.45) is 0 Å². The summed E-state index contributed by atoms with van der Waals surface area (Å²) < 4.78 is 18.5. The molecule has 27 heavy (non-hydrogen) atoms. The van der Waals surface area contributed by atoms with Gasteiger partial charge >= 0.3 is 0 Å². The highest BCUT2D eigenvalue weighted by molar-refractivity contribution is 8.00. The van der Waals surface area contributed by atoms with Crippen molar-refractivity contribution in [3.8, 4) is 11.5 Å². The highest BCUT2D eigenvalue weighted by Gasteiger charge is 2.18. The van der Waals surface area contributed by atoms with Gasteiger partial charge in [0.1, 0.15) is 5.82 Å². The summed E-state index contributed by atoms with van der Waals surface area (Å²) >= 11 is 1.22. The second kappa shape index (κ2) is 8.81. The molecule has 0 saturated carbocycles. The SMILES string of the molecule is Cc1cccc(-c2nnc(S[C@H](C)C(=O)NCCc3ccc(F)cc3)o2)c1. The van der Waals surface area contributed by atoms with Crippen molar-refractivity contribution in [1.29, 1.82) is 0 Å². The van der Waals surface area contributed by atoms with Gasteiger partial charge in [0.15, 0.2) is 0 Å². The summed E-state index contributed by atoms with van der Waals surface area (Å²) in [5, 5.41) is 10.9. The summed E-state index contributed by atoms with van der Waals surface area (Å²) in [5.74, 6) is 0.0555. The number of nitrogens with one attached hydrogen (secondary N) is 1. The van der Waals surface area contributed by atoms with Crippen LogP contribution in [0.25, 0.3) is 11.5 Å². The van der Waals surface area contributed by atoms with Crippen molar-refractivity contribution >= 4 is 17.7 Å². The fraction of sp³-hybridized carbons (Fsp3) is 0.250. The van der Waals surface area contributed by atoms with Gasteiger partial charge < -0.3 is 9.73 Å². The molecular weight excluding hydrogens is 365 g/mol. The lowest BCUT2D eigenvalue weighted by atomic mass is 10.1. The van der Waals surface area contributed by atoms with Crippen LogP contribution in [0.4, 0.5) is 4.39 Å². The molecule has 5 nitrogen and oxygen atoms in total. The molecule has 1 amide bonds. The van der Waals surface area contributed by atoms with Gasteiger partial charge in [-0.3, -0.25) is 4.79 Å². The molecule has 7 heteroatoms. The quantitative estimate of drug-likeness (QED) is 0.622. The smallest absolute Gasteiger partial charge is 0.277 e. The topological polar surface area (TPSA) is 68.0 Å². The van der Waals surface area contributed by atoms with Crippen LogP contribution < -0.4 is 5.32 Å². The molecule has 3 rings (SSSR count). The minimum Gasteiger partial charge on any atom is -0.411 e. The molecule has 140 valence electrons. The highest BCUT2D eigenvalue weighted by Crippen LogP contribution is 2.26. The maximum atomic E-state index is 12.9. The summed E-state index contributed by atoms with van der Waals surface area (Å²) in [7, 11) is 0. The maximum absolute atomic E-state index is 12.9. The Morgan fingerprint density at radius 3 is 2.74 bits per heavy atom. The molecule has 0 bridgehead atoms. The Bertz CT molecular complexity index is 912. The molecule has 1 aromatic heterocycles. The Morgan fingerprint density at radius 1 is 1.22 bits per heavy atom. The average Bonchev–Trinajstić information content (AvgIpc) is 3.12. The Morgan fingerprint density at radius 2 is 2.00 bits per heavy atom. The summed E-state index contributed by atoms with van der Waals surface area (Å²) in [6, 6.07) is 14.0. The van der Waals surface area contributed by atoms with Crippen LogP contribution in [0.3, 0.4) is 0 Å². The fourth-order valence-electron chi connectivity index (χ4n) is 2.48. The summed E-state index contributed by atoms with van der Waals surface area (Å²) in [6.45, 7) is 4.26. The molecule has 2 aromatic carbocycles. The zero-order valence-corrected chi connectivity index (χ0v) is 15.9. The van der Waals surface area contributed by atoms with E-state index in [1.165, 1.54) is 23.9 Å². The van der Waals surface area contributed by atoms with Gasteiger partial charge in [-0.1, -0.05) is 41.6 Å². The van der Waals surface area contributed by atoms with Crippen LogP contribution in [0.5, 0.6) is 0 Å². The maximum Gasteiger partial charge on any atom is 0.277 e. The number of amides is 1. The van der Waals surface area contributed by atoms with Crippen molar-refractivity contribution < 1.29 is 13.6 Å². The van der Waals surface area contributed by atoms with Crippen molar-refractivity contribution in [2.45, 2.75) is 30.7 Å². The van der Waals surface area contributed by atoms with E-state index < -0.39 is 0 Å². The van der Waals surface area contributed by atoms with E-state index in [0.717, 1.165) is 16.7 Å². The van der Waals surface area contributed by atoms with E-state index >= 15 is 0 Å². The first-order valence-corrected chi connectivity index (χ1v) is 9.48. The average molecular weight is 385 g/mol. The van der Waals surface area contributed by atoms with Gasteiger partial charge in [-0.25, -0.2) is 4.39 Å². The Balaban J connectivity index is 1.50. The third kappa shape index (κ3) is 5.40. The van der Waals surface area contributed by atoms with Crippen molar-refractivity contribution in [1.82, 2.24) is 15.5 Å². The number of carbonyl (C=O) groups excluding carboxylic acids is 1. The van der Waals surface area contributed by atoms with Crippen LogP contribution >= 0.6 is 11.8 Å². The second-order valence-corrected chi connectivity index (χ2v) is 7.46. The standard InChI is InChI=1S/C20H20FN3O2S/c1-13-4-3-5-16(12-13)19-23-24-20(26-19)27-14(2)18(25)22-11-10-15-6-8-17(21)9-7-15/h3-9,12,14H,10-11H2,1-2H3,(H,22,25)/t14-/m1/s1. The van der Waals surface area contributed by atoms with Gasteiger partial charge in [0.2, 0.25) is 11.8 Å². The van der Waals surface area contributed by atoms with Gasteiger partial charge in [0.05, 0.1) is 5.25 Å². The zero-order chi connectivity index (χ0) is 19.2. The first kappa shape index (κ1) is 19.1. The molecule has 3 aromatic rings. The monoisotopic (exact) mass is 385 g/mol. The number of aryl methyl sites for hydroxylation is 1. The van der Waals surface area contributed by atoms with E-state index in [4.69, 9.17) is 4.42 Å². The van der Waals surface area contributed by atoms with Crippen LogP contribution in [-0.2, 0) is 11.2 Å². The third-order valence-electron chi connectivity index (χ3n) is 3.94. The van der Waals surface area contributed by atoms with E-state index in [-0.39, 0.29) is 17.0 Å². The minimum absolute atomic E-state index is 0.114. The molecule has 0 aliphatic heterocycles. The van der Waals surface area contributed by atoms with Crippen LogP contribution in [-0.4, -0.2) is 27.9 Å². The molecule has 0 fully saturated rings. The molecule has 0 aliphatic carbocycles. The predicted octanol–water partition coefficient (Wildman–Crippen LogP) is 4.02. The first-order chi connectivity index (χ1) is 13.0. The summed E-state index contributed by atoms with van der Waals surface area (Å²) in [5.41, 5.74) is 2.93. The van der Waals surface area contributed by atoms with Gasteiger partial charge in [-0.15, -0.1) is 10.2 Å². The van der Waals surface area contributed by atoms with Crippen molar-refractivity contribution in [3.63, 3.8) is 0 Å². The molecule has 0 saturated heterocycles. The Labute approximate surface area is 161 Å². The molecule has 1 heterocycles. The molecular formula is C20H20FN3O2S. The highest BCUT2D eigenvalue weighted by atomic mass is 32.2. The fourth-order valence-corrected chi connectivity index (χ4v) is 3.19. The Kier molecular flexibility index (Phi) is 6.24. The van der Waals surface area contributed by atoms with E-state index in [0.29, 0.717) is 24.1 Å². The molecule has 0 spiro atoms. The minimum atomic E-state index is -0.371. The normalized spacial score (nSPS) is 12.0.